The number of thiophene rings is 1. The fourth-order valence-corrected chi connectivity index (χ4v) is 5.18. The first-order valence-electron chi connectivity index (χ1n) is 9.71. The van der Waals surface area contributed by atoms with Crippen LogP contribution in [0.5, 0.6) is 0 Å². The van der Waals surface area contributed by atoms with Crippen LogP contribution >= 0.6 is 23.1 Å². The molecule has 0 amide bonds. The molecule has 0 aliphatic rings. The van der Waals surface area contributed by atoms with Crippen LogP contribution in [-0.4, -0.2) is 19.7 Å². The third-order valence-electron chi connectivity index (χ3n) is 4.88. The summed E-state index contributed by atoms with van der Waals surface area (Å²) in [5.41, 5.74) is 1.89. The molecule has 0 aliphatic heterocycles. The second-order valence-corrected chi connectivity index (χ2v) is 9.36. The molecule has 154 valence electrons. The molecule has 5 aromatic rings. The first-order chi connectivity index (χ1) is 15.1. The summed E-state index contributed by atoms with van der Waals surface area (Å²) in [5, 5.41) is 9.45. The lowest BCUT2D eigenvalue weighted by molar-refractivity contribution is 0.508. The Morgan fingerprint density at radius 2 is 1.68 bits per heavy atom. The minimum absolute atomic E-state index is 0.0614. The number of hydrogen-bond acceptors (Lipinski definition) is 7. The van der Waals surface area contributed by atoms with Crippen molar-refractivity contribution in [3.63, 3.8) is 0 Å². The number of hydrogen-bond donors (Lipinski definition) is 0. The topological polar surface area (TPSA) is 73.8 Å². The Labute approximate surface area is 186 Å². The average Bonchev–Trinajstić information content (AvgIpc) is 3.46. The van der Waals surface area contributed by atoms with Crippen molar-refractivity contribution >= 4 is 33.3 Å². The minimum Gasteiger partial charge on any atom is -0.419 e. The van der Waals surface area contributed by atoms with E-state index in [2.05, 4.69) is 10.2 Å². The van der Waals surface area contributed by atoms with Crippen molar-refractivity contribution in [2.24, 2.45) is 7.05 Å². The van der Waals surface area contributed by atoms with Gasteiger partial charge in [-0.25, -0.2) is 4.98 Å². The molecular weight excluding hydrogens is 428 g/mol. The van der Waals surface area contributed by atoms with E-state index in [-0.39, 0.29) is 10.8 Å². The highest BCUT2D eigenvalue weighted by molar-refractivity contribution is 7.99. The monoisotopic (exact) mass is 446 g/mol. The molecule has 0 radical (unpaired) electrons. The van der Waals surface area contributed by atoms with Crippen LogP contribution in [0.4, 0.5) is 0 Å². The van der Waals surface area contributed by atoms with Gasteiger partial charge in [-0.1, -0.05) is 60.3 Å². The smallest absolute Gasteiger partial charge is 0.262 e. The van der Waals surface area contributed by atoms with Gasteiger partial charge in [0.05, 0.1) is 10.6 Å². The molecule has 2 aromatic carbocycles. The van der Waals surface area contributed by atoms with Crippen molar-refractivity contribution in [1.29, 1.82) is 0 Å². The van der Waals surface area contributed by atoms with Crippen molar-refractivity contribution in [3.8, 4) is 21.9 Å². The molecule has 0 spiro atoms. The van der Waals surface area contributed by atoms with Gasteiger partial charge < -0.3 is 4.42 Å². The van der Waals surface area contributed by atoms with E-state index >= 15 is 0 Å². The van der Waals surface area contributed by atoms with Crippen LogP contribution in [0.25, 0.3) is 32.1 Å². The molecule has 6 nitrogen and oxygen atoms in total. The minimum atomic E-state index is -0.158. The van der Waals surface area contributed by atoms with Crippen LogP contribution in [0.2, 0.25) is 0 Å². The second-order valence-electron chi connectivity index (χ2n) is 7.03. The van der Waals surface area contributed by atoms with E-state index in [0.29, 0.717) is 22.3 Å². The number of rotatable bonds is 5. The molecule has 0 saturated carbocycles. The predicted molar refractivity (Wildman–Crippen MR) is 124 cm³/mol. The zero-order chi connectivity index (χ0) is 21.4. The standard InChI is InChI=1S/C23H18N4O2S2/c1-14(19-25-26-20(29-19)16-11-7-4-8-12-16)30-23-24-21-17(22(28)27(23)2)13-18(31-21)15-9-5-3-6-10-15/h3-14H,1-2H3. The molecule has 0 bridgehead atoms. The predicted octanol–water partition coefficient (Wildman–Crippen LogP) is 5.57. The van der Waals surface area contributed by atoms with Crippen molar-refractivity contribution < 1.29 is 4.42 Å². The van der Waals surface area contributed by atoms with Gasteiger partial charge in [0.25, 0.3) is 5.56 Å². The van der Waals surface area contributed by atoms with E-state index in [1.807, 2.05) is 73.7 Å². The Bertz CT molecular complexity index is 1410. The molecule has 31 heavy (non-hydrogen) atoms. The summed E-state index contributed by atoms with van der Waals surface area (Å²) in [6.45, 7) is 1.97. The van der Waals surface area contributed by atoms with Gasteiger partial charge in [-0.3, -0.25) is 9.36 Å². The number of benzene rings is 2. The third kappa shape index (κ3) is 3.80. The molecule has 8 heteroatoms. The summed E-state index contributed by atoms with van der Waals surface area (Å²) >= 11 is 2.95. The highest BCUT2D eigenvalue weighted by Crippen LogP contribution is 2.36. The zero-order valence-electron chi connectivity index (χ0n) is 16.9. The molecular formula is C23H18N4O2S2. The molecule has 1 unspecified atom stereocenters. The third-order valence-corrected chi connectivity index (χ3v) is 7.09. The van der Waals surface area contributed by atoms with Gasteiger partial charge in [0.15, 0.2) is 5.16 Å². The first-order valence-corrected chi connectivity index (χ1v) is 11.4. The van der Waals surface area contributed by atoms with Crippen LogP contribution in [0.3, 0.4) is 0 Å². The lowest BCUT2D eigenvalue weighted by atomic mass is 10.2. The van der Waals surface area contributed by atoms with E-state index in [0.717, 1.165) is 20.8 Å². The van der Waals surface area contributed by atoms with Crippen LogP contribution in [0.1, 0.15) is 18.1 Å². The van der Waals surface area contributed by atoms with E-state index in [4.69, 9.17) is 9.40 Å². The lowest BCUT2D eigenvalue weighted by Crippen LogP contribution is -2.19. The van der Waals surface area contributed by atoms with Gasteiger partial charge in [-0.15, -0.1) is 21.5 Å². The first kappa shape index (κ1) is 19.7. The zero-order valence-corrected chi connectivity index (χ0v) is 18.5. The summed E-state index contributed by atoms with van der Waals surface area (Å²) in [7, 11) is 1.74. The van der Waals surface area contributed by atoms with Crippen molar-refractivity contribution in [2.75, 3.05) is 0 Å². The van der Waals surface area contributed by atoms with E-state index in [1.165, 1.54) is 23.1 Å². The SMILES string of the molecule is CC(Sc1nc2sc(-c3ccccc3)cc2c(=O)n1C)c1nnc(-c2ccccc2)o1. The van der Waals surface area contributed by atoms with E-state index in [9.17, 15) is 4.79 Å². The maximum Gasteiger partial charge on any atom is 0.262 e. The summed E-state index contributed by atoms with van der Waals surface area (Å²) in [5.74, 6) is 0.973. The molecule has 1 atom stereocenters. The number of thioether (sulfide) groups is 1. The highest BCUT2D eigenvalue weighted by atomic mass is 32.2. The van der Waals surface area contributed by atoms with Crippen LogP contribution in [-0.2, 0) is 7.05 Å². The Balaban J connectivity index is 1.46. The largest absolute Gasteiger partial charge is 0.419 e. The fraction of sp³-hybridized carbons (Fsp3) is 0.130. The number of nitrogens with zero attached hydrogens (tertiary/aromatic N) is 4. The highest BCUT2D eigenvalue weighted by Gasteiger charge is 2.20. The summed E-state index contributed by atoms with van der Waals surface area (Å²) < 4.78 is 7.45. The van der Waals surface area contributed by atoms with Gasteiger partial charge in [-0.05, 0) is 30.7 Å². The average molecular weight is 447 g/mol. The molecule has 3 aromatic heterocycles. The molecule has 0 saturated heterocycles. The molecule has 3 heterocycles. The Hall–Kier alpha value is -3.23. The maximum atomic E-state index is 13.0. The fourth-order valence-electron chi connectivity index (χ4n) is 3.20. The maximum absolute atomic E-state index is 13.0. The number of fused-ring (bicyclic) bond motifs is 1. The Morgan fingerprint density at radius 3 is 2.39 bits per heavy atom. The van der Waals surface area contributed by atoms with Crippen molar-refractivity contribution in [3.05, 3.63) is 83.0 Å². The molecule has 0 fully saturated rings. The van der Waals surface area contributed by atoms with Crippen LogP contribution in [0, 0.1) is 0 Å². The quantitative estimate of drug-likeness (QED) is 0.260. The summed E-state index contributed by atoms with van der Waals surface area (Å²) in [6, 6.07) is 21.6. The normalized spacial score (nSPS) is 12.3. The van der Waals surface area contributed by atoms with Crippen molar-refractivity contribution in [2.45, 2.75) is 17.3 Å². The summed E-state index contributed by atoms with van der Waals surface area (Å²) in [6.07, 6.45) is 0. The van der Waals surface area contributed by atoms with Gasteiger partial charge in [0.2, 0.25) is 11.8 Å². The number of aromatic nitrogens is 4. The molecule has 5 rings (SSSR count). The van der Waals surface area contributed by atoms with Gasteiger partial charge in [-0.2, -0.15) is 0 Å². The van der Waals surface area contributed by atoms with Crippen LogP contribution < -0.4 is 5.56 Å². The Morgan fingerprint density at radius 1 is 1.00 bits per heavy atom. The van der Waals surface area contributed by atoms with Crippen LogP contribution in [0.15, 0.2) is 81.1 Å². The lowest BCUT2D eigenvalue weighted by Gasteiger charge is -2.09. The molecule has 0 aliphatic carbocycles. The van der Waals surface area contributed by atoms with Crippen molar-refractivity contribution in [1.82, 2.24) is 19.7 Å². The Kier molecular flexibility index (Phi) is 5.17. The van der Waals surface area contributed by atoms with E-state index in [1.54, 1.807) is 11.6 Å². The summed E-state index contributed by atoms with van der Waals surface area (Å²) in [4.78, 5) is 19.5. The van der Waals surface area contributed by atoms with Gasteiger partial charge >= 0.3 is 0 Å². The van der Waals surface area contributed by atoms with E-state index < -0.39 is 0 Å². The van der Waals surface area contributed by atoms with Gasteiger partial charge in [0, 0.05) is 17.5 Å². The molecule has 0 N–H and O–H groups in total. The second kappa shape index (κ2) is 8.13. The van der Waals surface area contributed by atoms with Gasteiger partial charge in [0.1, 0.15) is 4.83 Å².